The third-order valence-electron chi connectivity index (χ3n) is 8.11. The Balaban J connectivity index is 1.67. The Morgan fingerprint density at radius 3 is 2.35 bits per heavy atom. The molecule has 2 unspecified atom stereocenters. The second kappa shape index (κ2) is 8.58. The number of hydrogen-bond acceptors (Lipinski definition) is 8. The molecule has 10 heteroatoms. The average Bonchev–Trinajstić information content (AvgIpc) is 2.82. The fourth-order valence-corrected chi connectivity index (χ4v) is 6.77. The van der Waals surface area contributed by atoms with Gasteiger partial charge in [-0.2, -0.15) is 0 Å². The van der Waals surface area contributed by atoms with Gasteiger partial charge < -0.3 is 15.9 Å². The van der Waals surface area contributed by atoms with E-state index in [1.54, 1.807) is 44.4 Å². The van der Waals surface area contributed by atoms with Crippen LogP contribution < -0.4 is 5.73 Å². The minimum Gasteiger partial charge on any atom is -0.507 e. The fraction of sp³-hybridized carbons (Fsp3) is 0.370. The molecule has 2 aromatic carbocycles. The van der Waals surface area contributed by atoms with E-state index in [-0.39, 0.29) is 24.2 Å². The van der Waals surface area contributed by atoms with Gasteiger partial charge in [-0.3, -0.25) is 28.9 Å². The number of primary amides is 1. The van der Waals surface area contributed by atoms with Gasteiger partial charge in [0, 0.05) is 16.5 Å². The maximum Gasteiger partial charge on any atom is 0.235 e. The molecule has 0 radical (unpaired) electrons. The quantitative estimate of drug-likeness (QED) is 0.506. The molecule has 9 nitrogen and oxygen atoms in total. The predicted octanol–water partition coefficient (Wildman–Crippen LogP) is 1.19. The Labute approximate surface area is 217 Å². The summed E-state index contributed by atoms with van der Waals surface area (Å²) in [5.74, 6) is -10.7. The summed E-state index contributed by atoms with van der Waals surface area (Å²) in [6.45, 7) is 0. The summed E-state index contributed by atoms with van der Waals surface area (Å²) in [6.07, 6.45) is 0.155. The van der Waals surface area contributed by atoms with E-state index < -0.39 is 64.4 Å². The summed E-state index contributed by atoms with van der Waals surface area (Å²) in [6, 6.07) is 8.87. The van der Waals surface area contributed by atoms with Gasteiger partial charge in [0.05, 0.1) is 17.5 Å². The third kappa shape index (κ3) is 3.41. The van der Waals surface area contributed by atoms with E-state index in [1.165, 1.54) is 11.0 Å². The van der Waals surface area contributed by atoms with Crippen molar-refractivity contribution >= 4 is 40.6 Å². The number of aliphatic hydroxyl groups is 1. The number of aromatic hydroxyl groups is 1. The smallest absolute Gasteiger partial charge is 0.235 e. The van der Waals surface area contributed by atoms with Gasteiger partial charge in [0.1, 0.15) is 5.75 Å². The first-order chi connectivity index (χ1) is 17.4. The van der Waals surface area contributed by atoms with Crippen LogP contribution in [-0.2, 0) is 25.6 Å². The van der Waals surface area contributed by atoms with Gasteiger partial charge in [-0.25, -0.2) is 0 Å². The second-order valence-corrected chi connectivity index (χ2v) is 10.7. The molecule has 0 aliphatic heterocycles. The van der Waals surface area contributed by atoms with Crippen molar-refractivity contribution in [1.29, 1.82) is 0 Å². The molecule has 0 heterocycles. The number of nitrogens with two attached hydrogens (primary N) is 1. The standard InChI is InChI=1S/C27H25ClN2O7/c1-30(2)21-15-10-11-9-14-12(13-5-3-4-6-16(13)28)7-8-17(31)19(14)22(32)18(11)24(34)27(15,37)25(35)20(23(21)33)26(29)36/h3-8,11,15,18,20-21,31,37H,9-10H2,1-2H3,(H2,29,36)/t11-,15-,18?,20?,21-,27-/m1/s1. The van der Waals surface area contributed by atoms with Gasteiger partial charge >= 0.3 is 0 Å². The molecule has 192 valence electrons. The van der Waals surface area contributed by atoms with Crippen LogP contribution in [-0.4, -0.2) is 69.9 Å². The minimum absolute atomic E-state index is 0.0124. The number of phenols is 1. The number of halogens is 1. The molecular weight excluding hydrogens is 500 g/mol. The van der Waals surface area contributed by atoms with Crippen LogP contribution in [0.25, 0.3) is 11.1 Å². The highest BCUT2D eigenvalue weighted by atomic mass is 35.5. The molecule has 0 bridgehead atoms. The molecule has 0 aromatic heterocycles. The van der Waals surface area contributed by atoms with E-state index in [0.29, 0.717) is 21.7 Å². The maximum atomic E-state index is 13.8. The van der Waals surface area contributed by atoms with Crippen molar-refractivity contribution in [3.63, 3.8) is 0 Å². The number of Topliss-reactive ketones (excluding diaryl/α,β-unsaturated/α-hetero) is 4. The number of hydrogen-bond donors (Lipinski definition) is 3. The van der Waals surface area contributed by atoms with E-state index in [4.69, 9.17) is 17.3 Å². The first-order valence-electron chi connectivity index (χ1n) is 11.9. The summed E-state index contributed by atoms with van der Waals surface area (Å²) in [5, 5.41) is 22.7. The number of likely N-dealkylation sites (N-methyl/N-ethyl adjacent to an activating group) is 1. The number of phenolic OH excluding ortho intramolecular Hbond substituents is 1. The van der Waals surface area contributed by atoms with E-state index >= 15 is 0 Å². The number of amides is 1. The van der Waals surface area contributed by atoms with Gasteiger partial charge in [0.25, 0.3) is 0 Å². The molecule has 0 saturated heterocycles. The molecule has 3 aliphatic carbocycles. The van der Waals surface area contributed by atoms with Gasteiger partial charge in [0.15, 0.2) is 34.7 Å². The van der Waals surface area contributed by atoms with Crippen LogP contribution in [0.1, 0.15) is 22.3 Å². The SMILES string of the molecule is CN(C)[C@H]1C(=O)C(C(N)=O)C(=O)[C@]2(O)C(=O)C3C(=O)c4c(O)ccc(-c5ccccc5Cl)c4C[C@@H]3C[C@H]12. The topological polar surface area (TPSA) is 155 Å². The molecule has 6 atom stereocenters. The number of carbonyl (C=O) groups is 5. The Kier molecular flexibility index (Phi) is 5.86. The number of benzene rings is 2. The maximum absolute atomic E-state index is 13.8. The second-order valence-electron chi connectivity index (χ2n) is 10.3. The zero-order valence-corrected chi connectivity index (χ0v) is 20.9. The van der Waals surface area contributed by atoms with E-state index in [9.17, 15) is 34.2 Å². The molecule has 37 heavy (non-hydrogen) atoms. The molecule has 2 fully saturated rings. The molecule has 5 rings (SSSR count). The Morgan fingerprint density at radius 2 is 1.73 bits per heavy atom. The van der Waals surface area contributed by atoms with E-state index in [0.717, 1.165) is 0 Å². The number of nitrogens with zero attached hydrogens (tertiary/aromatic N) is 1. The summed E-state index contributed by atoms with van der Waals surface area (Å²) in [7, 11) is 3.09. The van der Waals surface area contributed by atoms with Gasteiger partial charge in [-0.1, -0.05) is 35.9 Å². The largest absolute Gasteiger partial charge is 0.507 e. The lowest BCUT2D eigenvalue weighted by Gasteiger charge is -2.52. The fourth-order valence-electron chi connectivity index (χ4n) is 6.54. The van der Waals surface area contributed by atoms with Crippen LogP contribution >= 0.6 is 11.6 Å². The zero-order chi connectivity index (χ0) is 27.0. The molecular formula is C27H25ClN2O7. The van der Waals surface area contributed by atoms with Crippen molar-refractivity contribution in [2.24, 2.45) is 29.4 Å². The molecule has 2 aromatic rings. The highest BCUT2D eigenvalue weighted by Crippen LogP contribution is 2.52. The molecule has 4 N–H and O–H groups in total. The number of ketones is 4. The van der Waals surface area contributed by atoms with Crippen molar-refractivity contribution in [2.45, 2.75) is 24.5 Å². The van der Waals surface area contributed by atoms with Crippen molar-refractivity contribution in [3.05, 3.63) is 52.5 Å². The minimum atomic E-state index is -2.74. The number of carbonyl (C=O) groups excluding carboxylic acids is 5. The molecule has 1 amide bonds. The van der Waals surface area contributed by atoms with Gasteiger partial charge in [-0.05, 0) is 56.1 Å². The third-order valence-corrected chi connectivity index (χ3v) is 8.44. The predicted molar refractivity (Wildman–Crippen MR) is 132 cm³/mol. The van der Waals surface area contributed by atoms with Gasteiger partial charge in [-0.15, -0.1) is 0 Å². The van der Waals surface area contributed by atoms with Crippen molar-refractivity contribution < 1.29 is 34.2 Å². The Hall–Kier alpha value is -3.40. The summed E-state index contributed by atoms with van der Waals surface area (Å²) >= 11 is 6.42. The summed E-state index contributed by atoms with van der Waals surface area (Å²) in [4.78, 5) is 67.6. The van der Waals surface area contributed by atoms with Crippen LogP contribution in [0, 0.1) is 23.7 Å². The summed E-state index contributed by atoms with van der Waals surface area (Å²) in [5.41, 5.74) is 4.28. The van der Waals surface area contributed by atoms with E-state index in [1.807, 2.05) is 0 Å². The molecule has 0 spiro atoms. The Bertz CT molecular complexity index is 1400. The lowest BCUT2D eigenvalue weighted by atomic mass is 9.52. The number of fused-ring (bicyclic) bond motifs is 3. The zero-order valence-electron chi connectivity index (χ0n) is 20.1. The van der Waals surface area contributed by atoms with Crippen molar-refractivity contribution in [1.82, 2.24) is 4.90 Å². The van der Waals surface area contributed by atoms with Crippen LogP contribution in [0.3, 0.4) is 0 Å². The first-order valence-corrected chi connectivity index (χ1v) is 12.2. The van der Waals surface area contributed by atoms with Crippen molar-refractivity contribution in [3.8, 4) is 16.9 Å². The monoisotopic (exact) mass is 524 g/mol. The van der Waals surface area contributed by atoms with Gasteiger partial charge in [0.2, 0.25) is 5.91 Å². The first kappa shape index (κ1) is 25.3. The highest BCUT2D eigenvalue weighted by molar-refractivity contribution is 6.34. The highest BCUT2D eigenvalue weighted by Gasteiger charge is 2.69. The lowest BCUT2D eigenvalue weighted by molar-refractivity contribution is -0.181. The Morgan fingerprint density at radius 1 is 1.05 bits per heavy atom. The lowest BCUT2D eigenvalue weighted by Crippen LogP contribution is -2.74. The van der Waals surface area contributed by atoms with Crippen LogP contribution in [0.5, 0.6) is 5.75 Å². The normalized spacial score (nSPS) is 31.1. The van der Waals surface area contributed by atoms with Crippen LogP contribution in [0.15, 0.2) is 36.4 Å². The molecule has 2 saturated carbocycles. The van der Waals surface area contributed by atoms with Crippen LogP contribution in [0.4, 0.5) is 0 Å². The van der Waals surface area contributed by atoms with Crippen LogP contribution in [0.2, 0.25) is 5.02 Å². The van der Waals surface area contributed by atoms with Crippen molar-refractivity contribution in [2.75, 3.05) is 14.1 Å². The average molecular weight is 525 g/mol. The van der Waals surface area contributed by atoms with E-state index in [2.05, 4.69) is 0 Å². The number of rotatable bonds is 3. The summed E-state index contributed by atoms with van der Waals surface area (Å²) < 4.78 is 0. The molecule has 3 aliphatic rings.